The topological polar surface area (TPSA) is 38.1 Å². The van der Waals surface area contributed by atoms with Crippen LogP contribution in [0.15, 0.2) is 46.4 Å². The summed E-state index contributed by atoms with van der Waals surface area (Å²) in [4.78, 5) is 15.6. The highest BCUT2D eigenvalue weighted by atomic mass is 79.9. The van der Waals surface area contributed by atoms with E-state index in [1.54, 1.807) is 22.4 Å². The van der Waals surface area contributed by atoms with Gasteiger partial charge in [-0.3, -0.25) is 4.79 Å². The highest BCUT2D eigenvalue weighted by Crippen LogP contribution is 2.24. The molecule has 1 aromatic carbocycles. The maximum absolute atomic E-state index is 12.8. The largest absolute Gasteiger partial charge is 0.336 e. The van der Waals surface area contributed by atoms with Crippen LogP contribution in [0.25, 0.3) is 5.69 Å². The molecule has 0 bridgehead atoms. The summed E-state index contributed by atoms with van der Waals surface area (Å²) in [6.07, 6.45) is 1.66. The summed E-state index contributed by atoms with van der Waals surface area (Å²) in [7, 11) is 1.82. The van der Waals surface area contributed by atoms with Crippen LogP contribution >= 0.6 is 27.3 Å². The molecule has 3 aromatic rings. The van der Waals surface area contributed by atoms with Crippen LogP contribution in [0.2, 0.25) is 0 Å². The number of thiophene rings is 1. The van der Waals surface area contributed by atoms with Crippen molar-refractivity contribution in [3.8, 4) is 5.69 Å². The minimum atomic E-state index is -0.0168. The second-order valence-corrected chi connectivity index (χ2v) is 8.26. The van der Waals surface area contributed by atoms with Crippen molar-refractivity contribution in [2.24, 2.45) is 0 Å². The predicted molar refractivity (Wildman–Crippen MR) is 101 cm³/mol. The number of benzene rings is 1. The summed E-state index contributed by atoms with van der Waals surface area (Å²) in [5.74, 6) is -0.0168. The van der Waals surface area contributed by atoms with Crippen LogP contribution in [0, 0.1) is 13.8 Å². The molecule has 0 aliphatic carbocycles. The molecule has 0 spiro atoms. The van der Waals surface area contributed by atoms with Crippen molar-refractivity contribution < 1.29 is 4.79 Å². The Kier molecular flexibility index (Phi) is 4.87. The van der Waals surface area contributed by atoms with Gasteiger partial charge in [-0.25, -0.2) is 4.68 Å². The minimum absolute atomic E-state index is 0.0168. The molecule has 6 heteroatoms. The Bertz CT molecular complexity index is 884. The number of halogens is 1. The predicted octanol–water partition coefficient (Wildman–Crippen LogP) is 4.59. The molecule has 0 aliphatic heterocycles. The number of rotatable bonds is 4. The van der Waals surface area contributed by atoms with Gasteiger partial charge in [-0.2, -0.15) is 5.10 Å². The van der Waals surface area contributed by atoms with Gasteiger partial charge in [0.15, 0.2) is 0 Å². The van der Waals surface area contributed by atoms with E-state index >= 15 is 0 Å². The molecule has 2 heterocycles. The second-order valence-electron chi connectivity index (χ2n) is 5.71. The summed E-state index contributed by atoms with van der Waals surface area (Å²) in [6, 6.07) is 12.1. The van der Waals surface area contributed by atoms with Crippen molar-refractivity contribution in [3.05, 3.63) is 68.1 Å². The molecule has 0 fully saturated rings. The first-order valence-electron chi connectivity index (χ1n) is 7.57. The van der Waals surface area contributed by atoms with E-state index in [0.29, 0.717) is 12.1 Å². The third-order valence-corrected chi connectivity index (χ3v) is 5.56. The third kappa shape index (κ3) is 3.30. The van der Waals surface area contributed by atoms with Crippen LogP contribution in [0.1, 0.15) is 26.5 Å². The van der Waals surface area contributed by atoms with Gasteiger partial charge in [0.1, 0.15) is 0 Å². The molecular formula is C18H18BrN3OS. The summed E-state index contributed by atoms with van der Waals surface area (Å²) >= 11 is 5.09. The lowest BCUT2D eigenvalue weighted by Crippen LogP contribution is -2.26. The number of aromatic nitrogens is 2. The van der Waals surface area contributed by atoms with Crippen LogP contribution in [0.3, 0.4) is 0 Å². The van der Waals surface area contributed by atoms with Crippen LogP contribution in [0.5, 0.6) is 0 Å². The lowest BCUT2D eigenvalue weighted by atomic mass is 10.2. The van der Waals surface area contributed by atoms with Gasteiger partial charge < -0.3 is 4.90 Å². The Morgan fingerprint density at radius 1 is 1.25 bits per heavy atom. The summed E-state index contributed by atoms with van der Waals surface area (Å²) < 4.78 is 2.90. The van der Waals surface area contributed by atoms with Gasteiger partial charge in [-0.15, -0.1) is 11.3 Å². The van der Waals surface area contributed by atoms with Crippen LogP contribution < -0.4 is 0 Å². The van der Waals surface area contributed by atoms with Gasteiger partial charge in [0, 0.05) is 11.9 Å². The number of nitrogens with zero attached hydrogens (tertiary/aromatic N) is 3. The highest BCUT2D eigenvalue weighted by molar-refractivity contribution is 9.11. The van der Waals surface area contributed by atoms with E-state index < -0.39 is 0 Å². The van der Waals surface area contributed by atoms with Crippen LogP contribution in [-0.2, 0) is 6.54 Å². The zero-order chi connectivity index (χ0) is 17.3. The molecule has 0 radical (unpaired) electrons. The summed E-state index contributed by atoms with van der Waals surface area (Å²) in [5.41, 5.74) is 3.61. The Balaban J connectivity index is 1.85. The molecule has 24 heavy (non-hydrogen) atoms. The fourth-order valence-electron chi connectivity index (χ4n) is 2.61. The minimum Gasteiger partial charge on any atom is -0.336 e. The van der Waals surface area contributed by atoms with Crippen LogP contribution in [0.4, 0.5) is 0 Å². The number of amides is 1. The molecule has 0 N–H and O–H groups in total. The monoisotopic (exact) mass is 403 g/mol. The molecule has 0 saturated heterocycles. The van der Waals surface area contributed by atoms with E-state index in [2.05, 4.69) is 21.0 Å². The fraction of sp³-hybridized carbons (Fsp3) is 0.222. The molecule has 0 aliphatic rings. The van der Waals surface area contributed by atoms with Crippen molar-refractivity contribution in [1.29, 1.82) is 0 Å². The fourth-order valence-corrected chi connectivity index (χ4v) is 4.15. The van der Waals surface area contributed by atoms with E-state index in [1.165, 1.54) is 0 Å². The molecular weight excluding hydrogens is 386 g/mol. The SMILES string of the molecule is Cc1ccccc1-n1ncc(C(=O)N(C)Cc2ccc(Br)s2)c1C. The number of carbonyl (C=O) groups excluding carboxylic acids is 1. The van der Waals surface area contributed by atoms with Gasteiger partial charge >= 0.3 is 0 Å². The zero-order valence-electron chi connectivity index (χ0n) is 13.8. The van der Waals surface area contributed by atoms with Gasteiger partial charge in [-0.05, 0) is 53.5 Å². The molecule has 1 amide bonds. The average Bonchev–Trinajstić information content (AvgIpc) is 3.13. The average molecular weight is 404 g/mol. The maximum Gasteiger partial charge on any atom is 0.257 e. The van der Waals surface area contributed by atoms with Gasteiger partial charge in [-0.1, -0.05) is 18.2 Å². The van der Waals surface area contributed by atoms with Crippen molar-refractivity contribution >= 4 is 33.2 Å². The van der Waals surface area contributed by atoms with E-state index in [1.807, 2.05) is 62.0 Å². The number of hydrogen-bond donors (Lipinski definition) is 0. The Morgan fingerprint density at radius 2 is 2.00 bits per heavy atom. The van der Waals surface area contributed by atoms with Gasteiger partial charge in [0.2, 0.25) is 0 Å². The molecule has 3 rings (SSSR count). The summed E-state index contributed by atoms with van der Waals surface area (Å²) in [5, 5.41) is 4.43. The lowest BCUT2D eigenvalue weighted by molar-refractivity contribution is 0.0785. The maximum atomic E-state index is 12.8. The van der Waals surface area contributed by atoms with E-state index in [0.717, 1.165) is 25.6 Å². The second kappa shape index (κ2) is 6.91. The molecule has 4 nitrogen and oxygen atoms in total. The zero-order valence-corrected chi connectivity index (χ0v) is 16.2. The van der Waals surface area contributed by atoms with E-state index in [9.17, 15) is 4.79 Å². The standard InChI is InChI=1S/C18H18BrN3OS/c1-12-6-4-5-7-16(12)22-13(2)15(10-20-22)18(23)21(3)11-14-8-9-17(19)24-14/h4-10H,11H2,1-3H3. The van der Waals surface area contributed by atoms with Crippen LogP contribution in [-0.4, -0.2) is 27.6 Å². The van der Waals surface area contributed by atoms with Crippen molar-refractivity contribution in [3.63, 3.8) is 0 Å². The molecule has 124 valence electrons. The molecule has 0 saturated carbocycles. The quantitative estimate of drug-likeness (QED) is 0.638. The van der Waals surface area contributed by atoms with E-state index in [-0.39, 0.29) is 5.91 Å². The first-order chi connectivity index (χ1) is 11.5. The number of para-hydroxylation sites is 1. The van der Waals surface area contributed by atoms with Gasteiger partial charge in [0.25, 0.3) is 5.91 Å². The molecule has 2 aromatic heterocycles. The smallest absolute Gasteiger partial charge is 0.257 e. The van der Waals surface area contributed by atoms with Gasteiger partial charge in [0.05, 0.1) is 33.5 Å². The Labute approximate surface area is 153 Å². The van der Waals surface area contributed by atoms with Crippen molar-refractivity contribution in [2.45, 2.75) is 20.4 Å². The molecule has 0 unspecified atom stereocenters. The normalized spacial score (nSPS) is 10.8. The lowest BCUT2D eigenvalue weighted by Gasteiger charge is -2.16. The van der Waals surface area contributed by atoms with Crippen molar-refractivity contribution in [2.75, 3.05) is 7.05 Å². The number of carbonyl (C=O) groups is 1. The van der Waals surface area contributed by atoms with Crippen molar-refractivity contribution in [1.82, 2.24) is 14.7 Å². The van der Waals surface area contributed by atoms with E-state index in [4.69, 9.17) is 0 Å². The number of hydrogen-bond acceptors (Lipinski definition) is 3. The third-order valence-electron chi connectivity index (χ3n) is 3.95. The highest BCUT2D eigenvalue weighted by Gasteiger charge is 2.19. The first kappa shape index (κ1) is 16.9. The summed E-state index contributed by atoms with van der Waals surface area (Å²) in [6.45, 7) is 4.56. The number of aryl methyl sites for hydroxylation is 1. The molecule has 0 atom stereocenters. The Morgan fingerprint density at radius 3 is 2.67 bits per heavy atom. The first-order valence-corrected chi connectivity index (χ1v) is 9.18. The Hall–Kier alpha value is -1.92.